The summed E-state index contributed by atoms with van der Waals surface area (Å²) in [5.41, 5.74) is 2.09. The van der Waals surface area contributed by atoms with Crippen LogP contribution in [0.5, 0.6) is 5.75 Å². The minimum atomic E-state index is -3.52. The van der Waals surface area contributed by atoms with E-state index in [0.717, 1.165) is 30.5 Å². The largest absolute Gasteiger partial charge is 0.484 e. The summed E-state index contributed by atoms with van der Waals surface area (Å²) in [4.78, 5) is 14.6. The summed E-state index contributed by atoms with van der Waals surface area (Å²) in [7, 11) is -3.52. The number of ether oxygens (including phenoxy) is 1. The van der Waals surface area contributed by atoms with E-state index in [-0.39, 0.29) is 23.5 Å². The Hall–Kier alpha value is -2.38. The molecule has 0 aliphatic carbocycles. The minimum absolute atomic E-state index is 0.0928. The quantitative estimate of drug-likeness (QED) is 0.689. The van der Waals surface area contributed by atoms with Gasteiger partial charge in [-0.25, -0.2) is 13.1 Å². The summed E-state index contributed by atoms with van der Waals surface area (Å²) >= 11 is 0. The summed E-state index contributed by atoms with van der Waals surface area (Å²) in [5.74, 6) is 0.344. The highest BCUT2D eigenvalue weighted by Crippen LogP contribution is 2.31. The monoisotopic (exact) mass is 402 g/mol. The predicted molar refractivity (Wildman–Crippen MR) is 109 cm³/mol. The lowest BCUT2D eigenvalue weighted by molar-refractivity contribution is -0.120. The normalized spacial score (nSPS) is 16.1. The molecule has 1 N–H and O–H groups in total. The maximum Gasteiger partial charge on any atom is 0.265 e. The van der Waals surface area contributed by atoms with Gasteiger partial charge in [0.2, 0.25) is 10.0 Å². The first kappa shape index (κ1) is 20.4. The summed E-state index contributed by atoms with van der Waals surface area (Å²) in [6, 6.07) is 14.1. The van der Waals surface area contributed by atoms with Gasteiger partial charge in [0.15, 0.2) is 6.61 Å². The van der Waals surface area contributed by atoms with Crippen molar-refractivity contribution in [2.75, 3.05) is 18.1 Å². The highest BCUT2D eigenvalue weighted by molar-refractivity contribution is 7.89. The van der Waals surface area contributed by atoms with Gasteiger partial charge in [0.1, 0.15) is 5.75 Å². The molecule has 150 valence electrons. The van der Waals surface area contributed by atoms with Crippen LogP contribution in [-0.4, -0.2) is 33.5 Å². The predicted octanol–water partition coefficient (Wildman–Crippen LogP) is 3.12. The molecule has 0 fully saturated rings. The Labute approximate surface area is 166 Å². The number of rotatable bonds is 8. The average Bonchev–Trinajstić information content (AvgIpc) is 3.02. The van der Waals surface area contributed by atoms with Crippen molar-refractivity contribution in [3.63, 3.8) is 0 Å². The summed E-state index contributed by atoms with van der Waals surface area (Å²) in [6.07, 6.45) is 2.55. The molecule has 6 nitrogen and oxygen atoms in total. The van der Waals surface area contributed by atoms with E-state index in [0.29, 0.717) is 12.3 Å². The Balaban J connectivity index is 1.60. The number of hydrogen-bond donors (Lipinski definition) is 1. The third-order valence-corrected chi connectivity index (χ3v) is 6.27. The fourth-order valence-corrected chi connectivity index (χ4v) is 4.42. The molecule has 0 unspecified atom stereocenters. The van der Waals surface area contributed by atoms with Crippen molar-refractivity contribution >= 4 is 21.6 Å². The first-order valence-corrected chi connectivity index (χ1v) is 11.0. The van der Waals surface area contributed by atoms with Crippen LogP contribution < -0.4 is 14.4 Å². The van der Waals surface area contributed by atoms with Crippen LogP contribution in [0.2, 0.25) is 0 Å². The average molecular weight is 403 g/mol. The van der Waals surface area contributed by atoms with Gasteiger partial charge >= 0.3 is 0 Å². The second kappa shape index (κ2) is 8.75. The van der Waals surface area contributed by atoms with Crippen molar-refractivity contribution in [2.45, 2.75) is 44.0 Å². The van der Waals surface area contributed by atoms with E-state index in [9.17, 15) is 13.2 Å². The zero-order chi connectivity index (χ0) is 20.1. The number of nitrogens with zero attached hydrogens (tertiary/aromatic N) is 1. The number of nitrogens with one attached hydrogen (secondary N) is 1. The molecule has 1 aliphatic rings. The first-order chi connectivity index (χ1) is 13.4. The Morgan fingerprint density at radius 3 is 2.61 bits per heavy atom. The number of hydrogen-bond acceptors (Lipinski definition) is 4. The van der Waals surface area contributed by atoms with Gasteiger partial charge in [0.05, 0.1) is 4.90 Å². The van der Waals surface area contributed by atoms with E-state index in [1.54, 1.807) is 17.0 Å². The molecule has 0 saturated heterocycles. The van der Waals surface area contributed by atoms with Crippen molar-refractivity contribution in [3.8, 4) is 5.75 Å². The van der Waals surface area contributed by atoms with E-state index < -0.39 is 10.0 Å². The van der Waals surface area contributed by atoms with Crippen LogP contribution in [0.15, 0.2) is 53.4 Å². The summed E-state index contributed by atoms with van der Waals surface area (Å²) in [5, 5.41) is 0. The Morgan fingerprint density at radius 2 is 1.89 bits per heavy atom. The summed E-state index contributed by atoms with van der Waals surface area (Å²) in [6.45, 7) is 4.34. The zero-order valence-corrected chi connectivity index (χ0v) is 17.0. The smallest absolute Gasteiger partial charge is 0.265 e. The maximum atomic E-state index is 12.7. The van der Waals surface area contributed by atoms with Crippen LogP contribution in [0.4, 0.5) is 5.69 Å². The topological polar surface area (TPSA) is 75.7 Å². The number of sulfonamides is 1. The number of carbonyl (C=O) groups is 1. The van der Waals surface area contributed by atoms with Crippen molar-refractivity contribution < 1.29 is 17.9 Å². The number of para-hydroxylation sites is 1. The first-order valence-electron chi connectivity index (χ1n) is 9.55. The SMILES string of the molecule is CCCCNS(=O)(=O)c1ccc(OCC(=O)N2c3ccccc3C[C@@H]2C)cc1. The molecule has 3 rings (SSSR count). The van der Waals surface area contributed by atoms with E-state index in [2.05, 4.69) is 4.72 Å². The highest BCUT2D eigenvalue weighted by Gasteiger charge is 2.30. The van der Waals surface area contributed by atoms with Gasteiger partial charge < -0.3 is 9.64 Å². The summed E-state index contributed by atoms with van der Waals surface area (Å²) < 4.78 is 32.6. The van der Waals surface area contributed by atoms with Crippen molar-refractivity contribution in [1.29, 1.82) is 0 Å². The molecular formula is C21H26N2O4S. The van der Waals surface area contributed by atoms with Gasteiger partial charge in [-0.2, -0.15) is 0 Å². The molecule has 1 aliphatic heterocycles. The molecule has 0 bridgehead atoms. The number of unbranched alkanes of at least 4 members (excludes halogenated alkanes) is 1. The van der Waals surface area contributed by atoms with Crippen molar-refractivity contribution in [3.05, 3.63) is 54.1 Å². The molecular weight excluding hydrogens is 376 g/mol. The van der Waals surface area contributed by atoms with Crippen LogP contribution in [-0.2, 0) is 21.2 Å². The molecule has 1 amide bonds. The van der Waals surface area contributed by atoms with Crippen molar-refractivity contribution in [1.82, 2.24) is 4.72 Å². The Bertz CT molecular complexity index is 926. The second-order valence-electron chi connectivity index (χ2n) is 6.96. The van der Waals surface area contributed by atoms with E-state index in [1.165, 1.54) is 12.1 Å². The number of benzene rings is 2. The van der Waals surface area contributed by atoms with Crippen LogP contribution in [0.1, 0.15) is 32.3 Å². The third kappa shape index (κ3) is 4.54. The molecule has 2 aromatic rings. The van der Waals surface area contributed by atoms with Crippen molar-refractivity contribution in [2.24, 2.45) is 0 Å². The lowest BCUT2D eigenvalue weighted by atomic mass is 10.1. The van der Waals surface area contributed by atoms with Crippen LogP contribution >= 0.6 is 0 Å². The van der Waals surface area contributed by atoms with Crippen LogP contribution in [0.3, 0.4) is 0 Å². The molecule has 2 aromatic carbocycles. The maximum absolute atomic E-state index is 12.7. The number of anilines is 1. The fraction of sp³-hybridized carbons (Fsp3) is 0.381. The number of amides is 1. The molecule has 0 saturated carbocycles. The molecule has 0 radical (unpaired) electrons. The third-order valence-electron chi connectivity index (χ3n) is 4.79. The second-order valence-corrected chi connectivity index (χ2v) is 8.72. The van der Waals surface area contributed by atoms with Gasteiger partial charge in [-0.05, 0) is 55.7 Å². The fourth-order valence-electron chi connectivity index (χ4n) is 3.34. The number of carbonyl (C=O) groups excluding carboxylic acids is 1. The Morgan fingerprint density at radius 1 is 1.18 bits per heavy atom. The minimum Gasteiger partial charge on any atom is -0.484 e. The molecule has 0 aromatic heterocycles. The standard InChI is InChI=1S/C21H26N2O4S/c1-3-4-13-22-28(25,26)19-11-9-18(10-12-19)27-15-21(24)23-16(2)14-17-7-5-6-8-20(17)23/h5-12,16,22H,3-4,13-15H2,1-2H3/t16-/m0/s1. The molecule has 1 heterocycles. The molecule has 0 spiro atoms. The van der Waals surface area contributed by atoms with Gasteiger partial charge in [0, 0.05) is 18.3 Å². The van der Waals surface area contributed by atoms with Crippen LogP contribution in [0.25, 0.3) is 0 Å². The molecule has 7 heteroatoms. The lowest BCUT2D eigenvalue weighted by Crippen LogP contribution is -2.39. The van der Waals surface area contributed by atoms with E-state index in [4.69, 9.17) is 4.74 Å². The van der Waals surface area contributed by atoms with Gasteiger partial charge in [-0.15, -0.1) is 0 Å². The van der Waals surface area contributed by atoms with Gasteiger partial charge in [-0.1, -0.05) is 31.5 Å². The molecule has 28 heavy (non-hydrogen) atoms. The Kier molecular flexibility index (Phi) is 6.36. The zero-order valence-electron chi connectivity index (χ0n) is 16.2. The van der Waals surface area contributed by atoms with E-state index >= 15 is 0 Å². The number of fused-ring (bicyclic) bond motifs is 1. The van der Waals surface area contributed by atoms with Crippen LogP contribution in [0, 0.1) is 0 Å². The highest BCUT2D eigenvalue weighted by atomic mass is 32.2. The molecule has 1 atom stereocenters. The van der Waals surface area contributed by atoms with Gasteiger partial charge in [-0.3, -0.25) is 4.79 Å². The van der Waals surface area contributed by atoms with Gasteiger partial charge in [0.25, 0.3) is 5.91 Å². The lowest BCUT2D eigenvalue weighted by Gasteiger charge is -2.22. The van der Waals surface area contributed by atoms with E-state index in [1.807, 2.05) is 38.1 Å².